The van der Waals surface area contributed by atoms with Gasteiger partial charge < -0.3 is 10.5 Å². The molecule has 3 rings (SSSR count). The third-order valence-electron chi connectivity index (χ3n) is 3.33. The molecule has 0 saturated heterocycles. The van der Waals surface area contributed by atoms with Crippen LogP contribution in [-0.4, -0.2) is 6.61 Å². The van der Waals surface area contributed by atoms with Crippen LogP contribution in [0.2, 0.25) is 0 Å². The molecule has 18 heavy (non-hydrogen) atoms. The Bertz CT molecular complexity index is 593. The summed E-state index contributed by atoms with van der Waals surface area (Å²) in [7, 11) is 0. The Labute approximate surface area is 119 Å². The van der Waals surface area contributed by atoms with Crippen LogP contribution in [0.4, 0.5) is 0 Å². The lowest BCUT2D eigenvalue weighted by Crippen LogP contribution is -2.12. The molecule has 2 nitrogen and oxygen atoms in total. The van der Waals surface area contributed by atoms with Crippen molar-refractivity contribution in [3.05, 3.63) is 49.6 Å². The molecular weight excluding hydrogens is 310 g/mol. The molecule has 1 atom stereocenters. The molecule has 4 heteroatoms. The first-order valence-corrected chi connectivity index (χ1v) is 7.53. The van der Waals surface area contributed by atoms with Crippen molar-refractivity contribution in [2.75, 3.05) is 6.61 Å². The molecule has 94 valence electrons. The molecule has 0 radical (unpaired) electrons. The van der Waals surface area contributed by atoms with Gasteiger partial charge in [-0.2, -0.15) is 0 Å². The van der Waals surface area contributed by atoms with Crippen LogP contribution in [0.3, 0.4) is 0 Å². The first kappa shape index (κ1) is 12.2. The Kier molecular flexibility index (Phi) is 3.18. The van der Waals surface area contributed by atoms with Crippen molar-refractivity contribution in [1.82, 2.24) is 0 Å². The van der Waals surface area contributed by atoms with Crippen molar-refractivity contribution in [3.63, 3.8) is 0 Å². The van der Waals surface area contributed by atoms with E-state index < -0.39 is 0 Å². The zero-order valence-electron chi connectivity index (χ0n) is 10.1. The minimum atomic E-state index is -0.0570. The SMILES string of the molecule is Cc1sc(Br)cc1C(N)c1ccc2c(c1)CCO2. The summed E-state index contributed by atoms with van der Waals surface area (Å²) in [6.45, 7) is 2.90. The lowest BCUT2D eigenvalue weighted by atomic mass is 9.98. The summed E-state index contributed by atoms with van der Waals surface area (Å²) in [5.74, 6) is 1.01. The number of fused-ring (bicyclic) bond motifs is 1. The summed E-state index contributed by atoms with van der Waals surface area (Å²) in [5, 5.41) is 0. The number of halogens is 1. The van der Waals surface area contributed by atoms with Gasteiger partial charge >= 0.3 is 0 Å². The summed E-state index contributed by atoms with van der Waals surface area (Å²) < 4.78 is 6.65. The molecule has 0 fully saturated rings. The largest absolute Gasteiger partial charge is 0.493 e. The van der Waals surface area contributed by atoms with Gasteiger partial charge in [0.2, 0.25) is 0 Å². The summed E-state index contributed by atoms with van der Waals surface area (Å²) >= 11 is 5.25. The average Bonchev–Trinajstić information content (AvgIpc) is 2.93. The molecule has 1 aliphatic rings. The van der Waals surface area contributed by atoms with Gasteiger partial charge in [-0.25, -0.2) is 0 Å². The van der Waals surface area contributed by atoms with Crippen LogP contribution in [0.5, 0.6) is 5.75 Å². The fourth-order valence-electron chi connectivity index (χ4n) is 2.35. The van der Waals surface area contributed by atoms with Crippen LogP contribution in [0, 0.1) is 6.92 Å². The molecule has 0 amide bonds. The van der Waals surface area contributed by atoms with E-state index in [1.807, 2.05) is 6.07 Å². The fourth-order valence-corrected chi connectivity index (χ4v) is 4.10. The smallest absolute Gasteiger partial charge is 0.122 e. The number of ether oxygens (including phenoxy) is 1. The minimum Gasteiger partial charge on any atom is -0.493 e. The van der Waals surface area contributed by atoms with Crippen molar-refractivity contribution < 1.29 is 4.74 Å². The van der Waals surface area contributed by atoms with Gasteiger partial charge in [0, 0.05) is 11.3 Å². The Morgan fingerprint density at radius 2 is 2.22 bits per heavy atom. The van der Waals surface area contributed by atoms with Crippen molar-refractivity contribution in [1.29, 1.82) is 0 Å². The van der Waals surface area contributed by atoms with Gasteiger partial charge in [0.25, 0.3) is 0 Å². The van der Waals surface area contributed by atoms with E-state index in [-0.39, 0.29) is 6.04 Å². The number of rotatable bonds is 2. The first-order chi connectivity index (χ1) is 8.65. The van der Waals surface area contributed by atoms with E-state index in [1.54, 1.807) is 11.3 Å². The summed E-state index contributed by atoms with van der Waals surface area (Å²) in [4.78, 5) is 1.27. The third kappa shape index (κ3) is 2.09. The Morgan fingerprint density at radius 1 is 1.39 bits per heavy atom. The zero-order valence-corrected chi connectivity index (χ0v) is 12.5. The molecule has 0 spiro atoms. The predicted molar refractivity (Wildman–Crippen MR) is 78.4 cm³/mol. The highest BCUT2D eigenvalue weighted by Crippen LogP contribution is 2.34. The van der Waals surface area contributed by atoms with E-state index in [4.69, 9.17) is 10.5 Å². The lowest BCUT2D eigenvalue weighted by molar-refractivity contribution is 0.357. The fraction of sp³-hybridized carbons (Fsp3) is 0.286. The number of nitrogens with two attached hydrogens (primary N) is 1. The molecular formula is C14H14BrNOS. The predicted octanol–water partition coefficient (Wildman–Crippen LogP) is 3.80. The highest BCUT2D eigenvalue weighted by molar-refractivity contribution is 9.11. The van der Waals surface area contributed by atoms with Crippen LogP contribution >= 0.6 is 27.3 Å². The van der Waals surface area contributed by atoms with Crippen LogP contribution in [-0.2, 0) is 6.42 Å². The van der Waals surface area contributed by atoms with Crippen LogP contribution < -0.4 is 10.5 Å². The normalized spacial score (nSPS) is 15.3. The van der Waals surface area contributed by atoms with Gasteiger partial charge in [-0.05, 0) is 51.7 Å². The van der Waals surface area contributed by atoms with Gasteiger partial charge in [-0.3, -0.25) is 0 Å². The van der Waals surface area contributed by atoms with Crippen molar-refractivity contribution in [3.8, 4) is 5.75 Å². The van der Waals surface area contributed by atoms with E-state index >= 15 is 0 Å². The molecule has 0 saturated carbocycles. The lowest BCUT2D eigenvalue weighted by Gasteiger charge is -2.13. The summed E-state index contributed by atoms with van der Waals surface area (Å²) in [6, 6.07) is 8.35. The van der Waals surface area contributed by atoms with Crippen molar-refractivity contribution in [2.45, 2.75) is 19.4 Å². The highest BCUT2D eigenvalue weighted by Gasteiger charge is 2.18. The second kappa shape index (κ2) is 4.68. The van der Waals surface area contributed by atoms with E-state index in [1.165, 1.54) is 16.0 Å². The van der Waals surface area contributed by atoms with Crippen LogP contribution in [0.15, 0.2) is 28.1 Å². The maximum Gasteiger partial charge on any atom is 0.122 e. The first-order valence-electron chi connectivity index (χ1n) is 5.92. The quantitative estimate of drug-likeness (QED) is 0.912. The molecule has 0 bridgehead atoms. The van der Waals surface area contributed by atoms with Crippen molar-refractivity contribution in [2.24, 2.45) is 5.73 Å². The van der Waals surface area contributed by atoms with E-state index in [0.29, 0.717) is 0 Å². The molecule has 0 aliphatic carbocycles. The van der Waals surface area contributed by atoms with Gasteiger partial charge in [0.05, 0.1) is 16.4 Å². The Balaban J connectivity index is 1.97. The van der Waals surface area contributed by atoms with E-state index in [0.717, 1.165) is 28.1 Å². The Hall–Kier alpha value is -0.840. The third-order valence-corrected chi connectivity index (χ3v) is 4.90. The number of hydrogen-bond acceptors (Lipinski definition) is 3. The summed E-state index contributed by atoms with van der Waals surface area (Å²) in [5.41, 5.74) is 10.0. The standard InChI is InChI=1S/C14H14BrNOS/c1-8-11(7-13(15)18-8)14(16)10-2-3-12-9(6-10)4-5-17-12/h2-3,6-7,14H,4-5,16H2,1H3. The number of hydrogen-bond donors (Lipinski definition) is 1. The summed E-state index contributed by atoms with van der Waals surface area (Å²) in [6.07, 6.45) is 0.988. The van der Waals surface area contributed by atoms with E-state index in [2.05, 4.69) is 41.1 Å². The topological polar surface area (TPSA) is 35.2 Å². The number of benzene rings is 1. The Morgan fingerprint density at radius 3 is 2.94 bits per heavy atom. The molecule has 2 aromatic rings. The average molecular weight is 324 g/mol. The van der Waals surface area contributed by atoms with Crippen molar-refractivity contribution >= 4 is 27.3 Å². The molecule has 1 aromatic heterocycles. The molecule has 1 aromatic carbocycles. The highest BCUT2D eigenvalue weighted by atomic mass is 79.9. The maximum absolute atomic E-state index is 6.37. The maximum atomic E-state index is 6.37. The van der Waals surface area contributed by atoms with Gasteiger partial charge in [0.1, 0.15) is 5.75 Å². The number of thiophene rings is 1. The minimum absolute atomic E-state index is 0.0570. The van der Waals surface area contributed by atoms with Crippen LogP contribution in [0.1, 0.15) is 27.6 Å². The second-order valence-electron chi connectivity index (χ2n) is 4.51. The van der Waals surface area contributed by atoms with E-state index in [9.17, 15) is 0 Å². The molecule has 1 unspecified atom stereocenters. The van der Waals surface area contributed by atoms with Gasteiger partial charge in [-0.1, -0.05) is 12.1 Å². The van der Waals surface area contributed by atoms with Gasteiger partial charge in [0.15, 0.2) is 0 Å². The molecule has 1 aliphatic heterocycles. The molecule has 2 N–H and O–H groups in total. The monoisotopic (exact) mass is 323 g/mol. The number of aryl methyl sites for hydroxylation is 1. The molecule has 2 heterocycles. The zero-order chi connectivity index (χ0) is 12.7. The second-order valence-corrected chi connectivity index (χ2v) is 7.14. The van der Waals surface area contributed by atoms with Gasteiger partial charge in [-0.15, -0.1) is 11.3 Å². The van der Waals surface area contributed by atoms with Crippen LogP contribution in [0.25, 0.3) is 0 Å².